The fourth-order valence-electron chi connectivity index (χ4n) is 2.61. The monoisotopic (exact) mass is 443 g/mol. The number of hydrogen-bond donors (Lipinski definition) is 1. The Morgan fingerprint density at radius 1 is 1.04 bits per heavy atom. The van der Waals surface area contributed by atoms with Crippen LogP contribution in [0.1, 0.15) is 11.1 Å². The first-order valence-electron chi connectivity index (χ1n) is 7.84. The van der Waals surface area contributed by atoms with Gasteiger partial charge in [0.15, 0.2) is 10.7 Å². The SMILES string of the molecule is NCc1ccc(-c2nnc(-c3cn4cc(C(F)(F)F)cc(Cl)c4n3)s2)c(Cl)c1. The highest BCUT2D eigenvalue weighted by Crippen LogP contribution is 2.36. The van der Waals surface area contributed by atoms with Gasteiger partial charge in [0.2, 0.25) is 0 Å². The van der Waals surface area contributed by atoms with E-state index in [2.05, 4.69) is 15.2 Å². The molecule has 0 aliphatic heterocycles. The molecule has 4 aromatic rings. The van der Waals surface area contributed by atoms with Crippen LogP contribution in [-0.2, 0) is 12.7 Å². The summed E-state index contributed by atoms with van der Waals surface area (Å²) in [5.41, 5.74) is 6.86. The molecule has 0 bridgehead atoms. The quantitative estimate of drug-likeness (QED) is 0.466. The molecule has 4 rings (SSSR count). The third kappa shape index (κ3) is 3.46. The van der Waals surface area contributed by atoms with Gasteiger partial charge in [-0.3, -0.25) is 0 Å². The van der Waals surface area contributed by atoms with Crippen molar-refractivity contribution in [1.82, 2.24) is 19.6 Å². The van der Waals surface area contributed by atoms with Gasteiger partial charge in [-0.05, 0) is 17.7 Å². The standard InChI is InChI=1S/C17H10Cl2F3N5S/c18-11-3-8(5-23)1-2-10(11)15-25-26-16(28-15)13-7-27-6-9(17(20,21)22)4-12(19)14(27)24-13/h1-4,6-7H,5,23H2. The number of rotatable bonds is 3. The van der Waals surface area contributed by atoms with Gasteiger partial charge >= 0.3 is 6.18 Å². The average molecular weight is 444 g/mol. The Bertz CT molecular complexity index is 1190. The number of nitrogens with two attached hydrogens (primary N) is 1. The summed E-state index contributed by atoms with van der Waals surface area (Å²) in [5, 5.41) is 9.58. The Hall–Kier alpha value is -2.20. The molecule has 144 valence electrons. The minimum atomic E-state index is -4.51. The van der Waals surface area contributed by atoms with Gasteiger partial charge in [-0.25, -0.2) is 4.98 Å². The fraction of sp³-hybridized carbons (Fsp3) is 0.118. The van der Waals surface area contributed by atoms with Crippen molar-refractivity contribution in [2.24, 2.45) is 5.73 Å². The van der Waals surface area contributed by atoms with E-state index in [0.717, 1.165) is 17.8 Å². The zero-order valence-electron chi connectivity index (χ0n) is 13.8. The second kappa shape index (κ2) is 7.00. The summed E-state index contributed by atoms with van der Waals surface area (Å²) in [5.74, 6) is 0. The van der Waals surface area contributed by atoms with Crippen LogP contribution in [0.2, 0.25) is 10.0 Å². The van der Waals surface area contributed by atoms with Gasteiger partial charge in [0.05, 0.1) is 15.6 Å². The van der Waals surface area contributed by atoms with E-state index in [0.29, 0.717) is 32.8 Å². The predicted molar refractivity (Wildman–Crippen MR) is 102 cm³/mol. The smallest absolute Gasteiger partial charge is 0.326 e. The lowest BCUT2D eigenvalue weighted by molar-refractivity contribution is -0.137. The number of hydrogen-bond acceptors (Lipinski definition) is 5. The molecule has 1 aromatic carbocycles. The fourth-order valence-corrected chi connectivity index (χ4v) is 4.05. The second-order valence-corrected chi connectivity index (χ2v) is 7.65. The summed E-state index contributed by atoms with van der Waals surface area (Å²) >= 11 is 13.5. The molecule has 0 radical (unpaired) electrons. The van der Waals surface area contributed by atoms with Gasteiger partial charge in [0.25, 0.3) is 0 Å². The van der Waals surface area contributed by atoms with Gasteiger partial charge in [-0.1, -0.05) is 46.7 Å². The van der Waals surface area contributed by atoms with Crippen LogP contribution < -0.4 is 5.73 Å². The molecule has 0 fully saturated rings. The van der Waals surface area contributed by atoms with E-state index in [-0.39, 0.29) is 10.7 Å². The summed E-state index contributed by atoms with van der Waals surface area (Å²) in [6, 6.07) is 6.23. The highest BCUT2D eigenvalue weighted by atomic mass is 35.5. The molecule has 0 spiro atoms. The number of aromatic nitrogens is 4. The van der Waals surface area contributed by atoms with E-state index in [1.165, 1.54) is 21.9 Å². The topological polar surface area (TPSA) is 69.1 Å². The molecule has 0 aliphatic rings. The Morgan fingerprint density at radius 3 is 2.46 bits per heavy atom. The molecule has 11 heteroatoms. The largest absolute Gasteiger partial charge is 0.417 e. The van der Waals surface area contributed by atoms with Crippen LogP contribution in [0.4, 0.5) is 13.2 Å². The number of halogens is 5. The Morgan fingerprint density at radius 2 is 1.79 bits per heavy atom. The van der Waals surface area contributed by atoms with Gasteiger partial charge in [-0.2, -0.15) is 13.2 Å². The summed E-state index contributed by atoms with van der Waals surface area (Å²) in [6.07, 6.45) is -2.15. The third-order valence-corrected chi connectivity index (χ3v) is 5.55. The minimum Gasteiger partial charge on any atom is -0.326 e. The molecule has 28 heavy (non-hydrogen) atoms. The molecular formula is C17H10Cl2F3N5S. The number of fused-ring (bicyclic) bond motifs is 1. The van der Waals surface area contributed by atoms with Crippen molar-refractivity contribution in [3.05, 3.63) is 57.8 Å². The van der Waals surface area contributed by atoms with Crippen LogP contribution in [0, 0.1) is 0 Å². The predicted octanol–water partition coefficient (Wildman–Crippen LogP) is 5.30. The molecule has 3 heterocycles. The molecular weight excluding hydrogens is 434 g/mol. The lowest BCUT2D eigenvalue weighted by Gasteiger charge is -2.07. The van der Waals surface area contributed by atoms with E-state index in [1.54, 1.807) is 12.1 Å². The summed E-state index contributed by atoms with van der Waals surface area (Å²) in [7, 11) is 0. The zero-order chi connectivity index (χ0) is 20.1. The van der Waals surface area contributed by atoms with Gasteiger partial charge in [0, 0.05) is 24.5 Å². The molecule has 0 aliphatic carbocycles. The van der Waals surface area contributed by atoms with E-state index >= 15 is 0 Å². The molecule has 3 aromatic heterocycles. The number of nitrogens with zero attached hydrogens (tertiary/aromatic N) is 4. The van der Waals surface area contributed by atoms with E-state index in [1.807, 2.05) is 6.07 Å². The number of imidazole rings is 1. The molecule has 0 amide bonds. The maximum absolute atomic E-state index is 13.0. The zero-order valence-corrected chi connectivity index (χ0v) is 16.2. The Balaban J connectivity index is 1.75. The van der Waals surface area contributed by atoms with Crippen molar-refractivity contribution in [2.75, 3.05) is 0 Å². The highest BCUT2D eigenvalue weighted by molar-refractivity contribution is 7.18. The van der Waals surface area contributed by atoms with Crippen LogP contribution in [0.25, 0.3) is 26.9 Å². The van der Waals surface area contributed by atoms with Gasteiger partial charge in [-0.15, -0.1) is 10.2 Å². The normalized spacial score (nSPS) is 12.1. The van der Waals surface area contributed by atoms with Crippen LogP contribution in [0.5, 0.6) is 0 Å². The van der Waals surface area contributed by atoms with Crippen molar-refractivity contribution in [2.45, 2.75) is 12.7 Å². The lowest BCUT2D eigenvalue weighted by atomic mass is 10.1. The number of alkyl halides is 3. The van der Waals surface area contributed by atoms with Crippen LogP contribution in [0.3, 0.4) is 0 Å². The van der Waals surface area contributed by atoms with E-state index in [9.17, 15) is 13.2 Å². The number of benzene rings is 1. The second-order valence-electron chi connectivity index (χ2n) is 5.86. The summed E-state index contributed by atoms with van der Waals surface area (Å²) in [4.78, 5) is 4.28. The molecule has 0 unspecified atom stereocenters. The Labute approximate surface area is 170 Å². The maximum atomic E-state index is 13.0. The van der Waals surface area contributed by atoms with Gasteiger partial charge < -0.3 is 10.1 Å². The van der Waals surface area contributed by atoms with Crippen LogP contribution >= 0.6 is 34.5 Å². The van der Waals surface area contributed by atoms with E-state index < -0.39 is 11.7 Å². The van der Waals surface area contributed by atoms with Crippen molar-refractivity contribution in [1.29, 1.82) is 0 Å². The van der Waals surface area contributed by atoms with Crippen molar-refractivity contribution in [3.8, 4) is 21.3 Å². The van der Waals surface area contributed by atoms with Crippen molar-refractivity contribution >= 4 is 40.2 Å². The third-order valence-electron chi connectivity index (χ3n) is 3.98. The maximum Gasteiger partial charge on any atom is 0.417 e. The van der Waals surface area contributed by atoms with Crippen LogP contribution in [0.15, 0.2) is 36.7 Å². The first kappa shape index (κ1) is 19.1. The molecule has 2 N–H and O–H groups in total. The van der Waals surface area contributed by atoms with Crippen molar-refractivity contribution in [3.63, 3.8) is 0 Å². The lowest BCUT2D eigenvalue weighted by Crippen LogP contribution is -2.06. The Kier molecular flexibility index (Phi) is 4.78. The first-order valence-corrected chi connectivity index (χ1v) is 9.41. The molecule has 0 atom stereocenters. The average Bonchev–Trinajstić information content (AvgIpc) is 3.27. The molecule has 5 nitrogen and oxygen atoms in total. The molecule has 0 saturated carbocycles. The first-order chi connectivity index (χ1) is 13.3. The van der Waals surface area contributed by atoms with E-state index in [4.69, 9.17) is 28.9 Å². The highest BCUT2D eigenvalue weighted by Gasteiger charge is 2.32. The summed E-state index contributed by atoms with van der Waals surface area (Å²) < 4.78 is 40.2. The van der Waals surface area contributed by atoms with Crippen molar-refractivity contribution < 1.29 is 13.2 Å². The molecule has 0 saturated heterocycles. The minimum absolute atomic E-state index is 0.105. The summed E-state index contributed by atoms with van der Waals surface area (Å²) in [6.45, 7) is 0.364. The van der Waals surface area contributed by atoms with Gasteiger partial charge in [0.1, 0.15) is 10.7 Å². The van der Waals surface area contributed by atoms with Crippen LogP contribution in [-0.4, -0.2) is 19.6 Å². The number of pyridine rings is 1.